The Labute approximate surface area is 74.8 Å². The van der Waals surface area contributed by atoms with Crippen molar-refractivity contribution in [1.82, 2.24) is 0 Å². The Morgan fingerprint density at radius 2 is 1.78 bits per heavy atom. The Bertz CT molecular complexity index is 97.2. The van der Waals surface area contributed by atoms with Gasteiger partial charge in [-0.3, -0.25) is 4.79 Å². The SMILES string of the molecule is O=C(O)C1CCCC1.[Tl]. The molecule has 1 saturated carbocycles. The fourth-order valence-corrected chi connectivity index (χ4v) is 1.17. The first-order chi connectivity index (χ1) is 3.80. The molecule has 1 fully saturated rings. The van der Waals surface area contributed by atoms with Crippen LogP contribution in [-0.2, 0) is 4.79 Å². The zero-order valence-corrected chi connectivity index (χ0v) is 9.83. The van der Waals surface area contributed by atoms with Crippen LogP contribution in [0.25, 0.3) is 0 Å². The Morgan fingerprint density at radius 3 is 2.00 bits per heavy atom. The van der Waals surface area contributed by atoms with Crippen LogP contribution in [0.4, 0.5) is 0 Å². The van der Waals surface area contributed by atoms with Crippen molar-refractivity contribution in [3.63, 3.8) is 0 Å². The normalized spacial score (nSPS) is 19.1. The van der Waals surface area contributed by atoms with E-state index in [1.54, 1.807) is 0 Å². The summed E-state index contributed by atoms with van der Waals surface area (Å²) in [6.07, 6.45) is 4.01. The van der Waals surface area contributed by atoms with Gasteiger partial charge in [0.1, 0.15) is 0 Å². The summed E-state index contributed by atoms with van der Waals surface area (Å²) in [6, 6.07) is 0. The van der Waals surface area contributed by atoms with Gasteiger partial charge in [0.25, 0.3) is 0 Å². The maximum atomic E-state index is 10.2. The molecule has 0 saturated heterocycles. The molecule has 3 heteroatoms. The molecule has 1 N–H and O–H groups in total. The van der Waals surface area contributed by atoms with E-state index in [0.717, 1.165) is 25.7 Å². The van der Waals surface area contributed by atoms with Crippen molar-refractivity contribution in [2.24, 2.45) is 5.92 Å². The molecule has 9 heavy (non-hydrogen) atoms. The fourth-order valence-electron chi connectivity index (χ4n) is 1.17. The molecular weight excluding hydrogens is 308 g/mol. The first-order valence-electron chi connectivity index (χ1n) is 3.03. The molecule has 1 aliphatic rings. The van der Waals surface area contributed by atoms with Gasteiger partial charge in [-0.05, 0) is 12.8 Å². The first-order valence-corrected chi connectivity index (χ1v) is 3.03. The average molecular weight is 319 g/mol. The molecule has 1 radical (unpaired) electrons. The van der Waals surface area contributed by atoms with E-state index in [0.29, 0.717) is 0 Å². The van der Waals surface area contributed by atoms with E-state index < -0.39 is 5.97 Å². The van der Waals surface area contributed by atoms with E-state index in [4.69, 9.17) is 5.11 Å². The van der Waals surface area contributed by atoms with Gasteiger partial charge in [0.2, 0.25) is 0 Å². The van der Waals surface area contributed by atoms with Gasteiger partial charge in [0.15, 0.2) is 0 Å². The molecule has 0 aromatic heterocycles. The van der Waals surface area contributed by atoms with Gasteiger partial charge in [0, 0.05) is 27.3 Å². The third kappa shape index (κ3) is 2.64. The second kappa shape index (κ2) is 4.25. The second-order valence-electron chi connectivity index (χ2n) is 2.32. The maximum Gasteiger partial charge on any atom is 0.306 e. The van der Waals surface area contributed by atoms with Crippen LogP contribution in [0, 0.1) is 5.92 Å². The van der Waals surface area contributed by atoms with Crippen molar-refractivity contribution >= 4 is 33.3 Å². The molecule has 0 spiro atoms. The topological polar surface area (TPSA) is 37.3 Å². The number of carboxylic acid groups (broad SMARTS) is 1. The minimum absolute atomic E-state index is 0. The average Bonchev–Trinajstić information content (AvgIpc) is 2.12. The summed E-state index contributed by atoms with van der Waals surface area (Å²) >= 11 is 0. The van der Waals surface area contributed by atoms with Crippen LogP contribution in [0.1, 0.15) is 25.7 Å². The zero-order chi connectivity index (χ0) is 5.98. The molecule has 0 unspecified atom stereocenters. The molecule has 2 nitrogen and oxygen atoms in total. The Morgan fingerprint density at radius 1 is 1.33 bits per heavy atom. The third-order valence-corrected chi connectivity index (χ3v) is 1.70. The van der Waals surface area contributed by atoms with Crippen LogP contribution >= 0.6 is 0 Å². The number of hydrogen-bond acceptors (Lipinski definition) is 1. The molecule has 0 amide bonds. The number of carboxylic acids is 1. The van der Waals surface area contributed by atoms with Crippen LogP contribution in [-0.4, -0.2) is 38.4 Å². The van der Waals surface area contributed by atoms with Gasteiger partial charge in [-0.15, -0.1) is 0 Å². The van der Waals surface area contributed by atoms with Crippen molar-refractivity contribution in [2.75, 3.05) is 0 Å². The summed E-state index contributed by atoms with van der Waals surface area (Å²) in [6.45, 7) is 0. The van der Waals surface area contributed by atoms with Gasteiger partial charge >= 0.3 is 5.97 Å². The molecule has 0 bridgehead atoms. The predicted octanol–water partition coefficient (Wildman–Crippen LogP) is 0.880. The largest absolute Gasteiger partial charge is 0.481 e. The van der Waals surface area contributed by atoms with Gasteiger partial charge in [-0.2, -0.15) is 0 Å². The zero-order valence-electron chi connectivity index (χ0n) is 5.34. The van der Waals surface area contributed by atoms with Crippen LogP contribution < -0.4 is 0 Å². The van der Waals surface area contributed by atoms with Crippen molar-refractivity contribution < 1.29 is 9.90 Å². The molecule has 0 aliphatic heterocycles. The van der Waals surface area contributed by atoms with Crippen LogP contribution in [0.15, 0.2) is 0 Å². The summed E-state index contributed by atoms with van der Waals surface area (Å²) in [7, 11) is 0. The Kier molecular flexibility index (Phi) is 4.43. The predicted molar refractivity (Wildman–Crippen MR) is 35.3 cm³/mol. The molecule has 0 aromatic rings. The van der Waals surface area contributed by atoms with E-state index in [1.165, 1.54) is 0 Å². The van der Waals surface area contributed by atoms with Crippen LogP contribution in [0.2, 0.25) is 0 Å². The van der Waals surface area contributed by atoms with E-state index >= 15 is 0 Å². The standard InChI is InChI=1S/C6H10O2.Tl/c7-6(8)5-3-1-2-4-5;/h5H,1-4H2,(H,7,8);. The smallest absolute Gasteiger partial charge is 0.306 e. The second-order valence-corrected chi connectivity index (χ2v) is 2.32. The van der Waals surface area contributed by atoms with E-state index in [9.17, 15) is 4.79 Å². The van der Waals surface area contributed by atoms with E-state index in [-0.39, 0.29) is 33.2 Å². The number of carbonyl (C=O) groups is 1. The van der Waals surface area contributed by atoms with Crippen LogP contribution in [0.5, 0.6) is 0 Å². The summed E-state index contributed by atoms with van der Waals surface area (Å²) in [5.74, 6) is -0.627. The van der Waals surface area contributed by atoms with Crippen LogP contribution in [0.3, 0.4) is 0 Å². The Balaban J connectivity index is 0.000000640. The summed E-state index contributed by atoms with van der Waals surface area (Å²) in [5, 5.41) is 8.41. The molecular formula is C6H10O2Tl. The van der Waals surface area contributed by atoms with Gasteiger partial charge in [-0.25, -0.2) is 0 Å². The van der Waals surface area contributed by atoms with Crippen molar-refractivity contribution in [2.45, 2.75) is 25.7 Å². The van der Waals surface area contributed by atoms with Crippen molar-refractivity contribution in [1.29, 1.82) is 0 Å². The molecule has 0 aromatic carbocycles. The third-order valence-electron chi connectivity index (χ3n) is 1.70. The minimum atomic E-state index is -0.609. The Hall–Kier alpha value is 0.392. The first kappa shape index (κ1) is 9.39. The quantitative estimate of drug-likeness (QED) is 0.729. The van der Waals surface area contributed by atoms with Crippen molar-refractivity contribution in [3.05, 3.63) is 0 Å². The molecule has 0 heterocycles. The number of rotatable bonds is 1. The molecule has 0 atom stereocenters. The molecule has 1 aliphatic carbocycles. The molecule has 49 valence electrons. The van der Waals surface area contributed by atoms with E-state index in [1.807, 2.05) is 0 Å². The number of hydrogen-bond donors (Lipinski definition) is 1. The van der Waals surface area contributed by atoms with Gasteiger partial charge in [0.05, 0.1) is 5.92 Å². The fraction of sp³-hybridized carbons (Fsp3) is 0.833. The summed E-state index contributed by atoms with van der Waals surface area (Å²) in [5.41, 5.74) is 0. The van der Waals surface area contributed by atoms with E-state index in [2.05, 4.69) is 0 Å². The minimum Gasteiger partial charge on any atom is -0.481 e. The van der Waals surface area contributed by atoms with Gasteiger partial charge in [-0.1, -0.05) is 12.8 Å². The molecule has 1 rings (SSSR count). The monoisotopic (exact) mass is 319 g/mol. The maximum absolute atomic E-state index is 10.2. The number of aliphatic carboxylic acids is 1. The summed E-state index contributed by atoms with van der Waals surface area (Å²) in [4.78, 5) is 10.2. The van der Waals surface area contributed by atoms with Gasteiger partial charge < -0.3 is 5.11 Å². The summed E-state index contributed by atoms with van der Waals surface area (Å²) < 4.78 is 0. The van der Waals surface area contributed by atoms with Crippen molar-refractivity contribution in [3.8, 4) is 0 Å².